The first kappa shape index (κ1) is 25.6. The summed E-state index contributed by atoms with van der Waals surface area (Å²) >= 11 is 6.79. The number of benzene rings is 3. The van der Waals surface area contributed by atoms with Crippen molar-refractivity contribution < 1.29 is 24.4 Å². The number of nitriles is 1. The predicted octanol–water partition coefficient (Wildman–Crippen LogP) is 5.94. The Morgan fingerprint density at radius 2 is 1.86 bits per heavy atom. The summed E-state index contributed by atoms with van der Waals surface area (Å²) in [5.41, 5.74) is 0.992. The molecule has 35 heavy (non-hydrogen) atoms. The van der Waals surface area contributed by atoms with Crippen molar-refractivity contribution in [2.45, 2.75) is 6.61 Å². The van der Waals surface area contributed by atoms with Gasteiger partial charge in [-0.05, 0) is 57.9 Å². The van der Waals surface area contributed by atoms with E-state index in [9.17, 15) is 25.0 Å². The Kier molecular flexibility index (Phi) is 8.35. The molecular weight excluding hydrogens is 586 g/mol. The summed E-state index contributed by atoms with van der Waals surface area (Å²) in [5, 5.41) is 32.1. The molecule has 176 valence electrons. The van der Waals surface area contributed by atoms with Crippen molar-refractivity contribution in [3.63, 3.8) is 0 Å². The van der Waals surface area contributed by atoms with Gasteiger partial charge in [0.1, 0.15) is 24.0 Å². The van der Waals surface area contributed by atoms with Gasteiger partial charge in [-0.3, -0.25) is 14.9 Å². The molecule has 2 N–H and O–H groups in total. The van der Waals surface area contributed by atoms with Crippen LogP contribution in [0.25, 0.3) is 6.08 Å². The lowest BCUT2D eigenvalue weighted by molar-refractivity contribution is -0.384. The van der Waals surface area contributed by atoms with Crippen molar-refractivity contribution in [1.82, 2.24) is 0 Å². The molecule has 0 aliphatic heterocycles. The van der Waals surface area contributed by atoms with E-state index in [4.69, 9.17) is 9.84 Å². The first-order valence-electron chi connectivity index (χ1n) is 9.79. The molecule has 0 fully saturated rings. The molecular formula is C24H15Br2N3O6. The molecule has 3 rings (SSSR count). The average Bonchev–Trinajstić information content (AvgIpc) is 2.82. The number of nitro benzene ring substituents is 1. The Bertz CT molecular complexity index is 1380. The number of anilines is 1. The largest absolute Gasteiger partial charge is 0.487 e. The van der Waals surface area contributed by atoms with Crippen molar-refractivity contribution in [3.05, 3.63) is 102 Å². The van der Waals surface area contributed by atoms with E-state index in [-0.39, 0.29) is 29.1 Å². The molecule has 0 aliphatic rings. The molecule has 0 radical (unpaired) electrons. The standard InChI is InChI=1S/C24H15Br2N3O6/c25-18-9-16(8-17(12-27)23(30)28-19-2-1-3-20(11-19)29(33)34)22(21(26)10-18)35-13-14-4-6-15(7-5-14)24(31)32/h1-11H,13H2,(H,28,30)(H,31,32)/b17-8+. The maximum Gasteiger partial charge on any atom is 0.335 e. The number of halogens is 2. The van der Waals surface area contributed by atoms with Gasteiger partial charge in [-0.25, -0.2) is 4.79 Å². The second-order valence-electron chi connectivity index (χ2n) is 7.03. The van der Waals surface area contributed by atoms with Crippen LogP contribution in [0.5, 0.6) is 5.75 Å². The number of hydrogen-bond donors (Lipinski definition) is 2. The van der Waals surface area contributed by atoms with Gasteiger partial charge in [-0.2, -0.15) is 5.26 Å². The summed E-state index contributed by atoms with van der Waals surface area (Å²) in [6.45, 7) is 0.0999. The van der Waals surface area contributed by atoms with Crippen LogP contribution in [0.15, 0.2) is 75.2 Å². The van der Waals surface area contributed by atoms with Gasteiger partial charge in [0.15, 0.2) is 0 Å². The molecule has 1 amide bonds. The van der Waals surface area contributed by atoms with Crippen LogP contribution in [0, 0.1) is 21.4 Å². The van der Waals surface area contributed by atoms with Crippen LogP contribution in [0.4, 0.5) is 11.4 Å². The smallest absolute Gasteiger partial charge is 0.335 e. The molecule has 3 aromatic rings. The Labute approximate surface area is 216 Å². The van der Waals surface area contributed by atoms with Crippen molar-refractivity contribution in [3.8, 4) is 11.8 Å². The maximum atomic E-state index is 12.7. The molecule has 0 bridgehead atoms. The van der Waals surface area contributed by atoms with Gasteiger partial charge >= 0.3 is 5.97 Å². The summed E-state index contributed by atoms with van der Waals surface area (Å²) in [5.74, 6) is -1.43. The van der Waals surface area contributed by atoms with E-state index in [1.165, 1.54) is 42.5 Å². The van der Waals surface area contributed by atoms with Gasteiger partial charge in [0.05, 0.1) is 15.0 Å². The third-order valence-electron chi connectivity index (χ3n) is 4.60. The topological polar surface area (TPSA) is 143 Å². The van der Waals surface area contributed by atoms with Gasteiger partial charge in [-0.1, -0.05) is 34.1 Å². The summed E-state index contributed by atoms with van der Waals surface area (Å²) in [6, 6.07) is 16.8. The molecule has 0 saturated heterocycles. The fraction of sp³-hybridized carbons (Fsp3) is 0.0417. The first-order valence-corrected chi connectivity index (χ1v) is 11.4. The van der Waals surface area contributed by atoms with Gasteiger partial charge < -0.3 is 15.2 Å². The van der Waals surface area contributed by atoms with Crippen LogP contribution >= 0.6 is 31.9 Å². The van der Waals surface area contributed by atoms with Gasteiger partial charge in [-0.15, -0.1) is 0 Å². The third-order valence-corrected chi connectivity index (χ3v) is 5.65. The number of non-ortho nitro benzene ring substituents is 1. The van der Waals surface area contributed by atoms with Crippen molar-refractivity contribution in [2.75, 3.05) is 5.32 Å². The van der Waals surface area contributed by atoms with Crippen molar-refractivity contribution in [2.24, 2.45) is 0 Å². The minimum absolute atomic E-state index is 0.0999. The number of carboxylic acid groups (broad SMARTS) is 1. The molecule has 0 spiro atoms. The highest BCUT2D eigenvalue weighted by atomic mass is 79.9. The van der Waals surface area contributed by atoms with E-state index in [1.54, 1.807) is 24.3 Å². The van der Waals surface area contributed by atoms with Gasteiger partial charge in [0.25, 0.3) is 11.6 Å². The summed E-state index contributed by atoms with van der Waals surface area (Å²) in [7, 11) is 0. The molecule has 0 heterocycles. The van der Waals surface area contributed by atoms with Crippen molar-refractivity contribution in [1.29, 1.82) is 5.26 Å². The highest BCUT2D eigenvalue weighted by molar-refractivity contribution is 9.11. The molecule has 0 saturated carbocycles. The number of carbonyl (C=O) groups is 2. The summed E-state index contributed by atoms with van der Waals surface area (Å²) < 4.78 is 7.13. The number of hydrogen-bond acceptors (Lipinski definition) is 6. The number of ether oxygens (including phenoxy) is 1. The fourth-order valence-corrected chi connectivity index (χ4v) is 4.31. The number of aromatic carboxylic acids is 1. The number of carbonyl (C=O) groups excluding carboxylic acids is 1. The average molecular weight is 601 g/mol. The van der Waals surface area contributed by atoms with Crippen LogP contribution in [0.2, 0.25) is 0 Å². The number of nitrogens with zero attached hydrogens (tertiary/aromatic N) is 2. The van der Waals surface area contributed by atoms with Crippen LogP contribution in [0.3, 0.4) is 0 Å². The van der Waals surface area contributed by atoms with Crippen molar-refractivity contribution >= 4 is 61.2 Å². The first-order chi connectivity index (χ1) is 16.7. The van der Waals surface area contributed by atoms with Crippen LogP contribution < -0.4 is 10.1 Å². The summed E-state index contributed by atoms with van der Waals surface area (Å²) in [6.07, 6.45) is 1.34. The summed E-state index contributed by atoms with van der Waals surface area (Å²) in [4.78, 5) is 34.1. The van der Waals surface area contributed by atoms with E-state index in [0.717, 1.165) is 0 Å². The monoisotopic (exact) mass is 599 g/mol. The lowest BCUT2D eigenvalue weighted by Gasteiger charge is -2.13. The molecule has 0 atom stereocenters. The lowest BCUT2D eigenvalue weighted by atomic mass is 10.1. The van der Waals surface area contributed by atoms with Crippen LogP contribution in [-0.4, -0.2) is 21.9 Å². The Morgan fingerprint density at radius 1 is 1.14 bits per heavy atom. The van der Waals surface area contributed by atoms with E-state index in [0.29, 0.717) is 25.8 Å². The highest BCUT2D eigenvalue weighted by Gasteiger charge is 2.16. The van der Waals surface area contributed by atoms with Gasteiger partial charge in [0.2, 0.25) is 0 Å². The van der Waals surface area contributed by atoms with Crippen LogP contribution in [-0.2, 0) is 11.4 Å². The SMILES string of the molecule is N#C/C(=C\c1cc(Br)cc(Br)c1OCc1ccc(C(=O)O)cc1)C(=O)Nc1cccc([N+](=O)[O-])c1. The molecule has 0 aromatic heterocycles. The number of carboxylic acids is 1. The quantitative estimate of drug-likeness (QED) is 0.141. The van der Waals surface area contributed by atoms with E-state index >= 15 is 0 Å². The van der Waals surface area contributed by atoms with E-state index < -0.39 is 16.8 Å². The normalized spacial score (nSPS) is 10.8. The van der Waals surface area contributed by atoms with E-state index in [1.807, 2.05) is 6.07 Å². The Balaban J connectivity index is 1.86. The third kappa shape index (κ3) is 6.75. The zero-order valence-electron chi connectivity index (χ0n) is 17.7. The Hall–Kier alpha value is -4.01. The zero-order valence-corrected chi connectivity index (χ0v) is 20.9. The second kappa shape index (κ2) is 11.4. The zero-order chi connectivity index (χ0) is 25.5. The predicted molar refractivity (Wildman–Crippen MR) is 135 cm³/mol. The maximum absolute atomic E-state index is 12.7. The molecule has 11 heteroatoms. The Morgan fingerprint density at radius 3 is 2.49 bits per heavy atom. The molecule has 9 nitrogen and oxygen atoms in total. The van der Waals surface area contributed by atoms with E-state index in [2.05, 4.69) is 37.2 Å². The highest BCUT2D eigenvalue weighted by Crippen LogP contribution is 2.35. The van der Waals surface area contributed by atoms with Crippen LogP contribution in [0.1, 0.15) is 21.5 Å². The molecule has 0 aliphatic carbocycles. The molecule has 0 unspecified atom stereocenters. The van der Waals surface area contributed by atoms with Gasteiger partial charge in [0, 0.05) is 27.9 Å². The number of amides is 1. The molecule has 3 aromatic carbocycles. The number of rotatable bonds is 8. The lowest BCUT2D eigenvalue weighted by Crippen LogP contribution is -2.13. The fourth-order valence-electron chi connectivity index (χ4n) is 2.94. The minimum Gasteiger partial charge on any atom is -0.487 e. The number of nitro groups is 1. The number of nitrogens with one attached hydrogen (secondary N) is 1. The minimum atomic E-state index is -1.03. The second-order valence-corrected chi connectivity index (χ2v) is 8.80.